The van der Waals surface area contributed by atoms with E-state index in [0.717, 1.165) is 17.1 Å². The Morgan fingerprint density at radius 2 is 0.940 bits per heavy atom. The molecule has 0 spiro atoms. The molecule has 0 saturated heterocycles. The van der Waals surface area contributed by atoms with E-state index in [-0.39, 0.29) is 0 Å². The average Bonchev–Trinajstić information content (AvgIpc) is 3.47. The molecule has 9 rings (SSSR count). The van der Waals surface area contributed by atoms with Gasteiger partial charge in [0.1, 0.15) is 0 Å². The van der Waals surface area contributed by atoms with E-state index in [1.807, 2.05) is 0 Å². The minimum atomic E-state index is -0.503. The first-order valence-corrected chi connectivity index (χ1v) is 17.4. The van der Waals surface area contributed by atoms with E-state index in [9.17, 15) is 0 Å². The summed E-state index contributed by atoms with van der Waals surface area (Å²) in [4.78, 5) is 2.39. The van der Waals surface area contributed by atoms with Crippen LogP contribution in [0.25, 0.3) is 33.0 Å². The van der Waals surface area contributed by atoms with E-state index in [4.69, 9.17) is 0 Å². The van der Waals surface area contributed by atoms with Crippen LogP contribution < -0.4 is 4.90 Å². The van der Waals surface area contributed by atoms with Crippen molar-refractivity contribution in [1.82, 2.24) is 0 Å². The van der Waals surface area contributed by atoms with E-state index < -0.39 is 5.41 Å². The predicted molar refractivity (Wildman–Crippen MR) is 211 cm³/mol. The van der Waals surface area contributed by atoms with Crippen LogP contribution in [-0.2, 0) is 5.41 Å². The van der Waals surface area contributed by atoms with Gasteiger partial charge in [0, 0.05) is 17.1 Å². The van der Waals surface area contributed by atoms with Gasteiger partial charge in [-0.15, -0.1) is 0 Å². The molecular formula is C49H37N. The third kappa shape index (κ3) is 4.77. The van der Waals surface area contributed by atoms with Gasteiger partial charge in [0.15, 0.2) is 0 Å². The summed E-state index contributed by atoms with van der Waals surface area (Å²) in [7, 11) is 0. The summed E-state index contributed by atoms with van der Waals surface area (Å²) >= 11 is 0. The highest BCUT2D eigenvalue weighted by atomic mass is 15.1. The zero-order valence-electron chi connectivity index (χ0n) is 28.3. The zero-order valence-corrected chi connectivity index (χ0v) is 28.3. The van der Waals surface area contributed by atoms with Gasteiger partial charge in [0.2, 0.25) is 0 Å². The monoisotopic (exact) mass is 639 g/mol. The smallest absolute Gasteiger partial charge is 0.0714 e. The molecule has 0 radical (unpaired) electrons. The van der Waals surface area contributed by atoms with Gasteiger partial charge >= 0.3 is 0 Å². The number of para-hydroxylation sites is 1. The SMILES string of the molecule is Cc1ccc(-c2ccc(N(c3ccccc3)c3ccc4c(c3)C(c3ccccc3)(c3ccc(C)cc3)c3ccc5ccccc5c3-4)cc2)cc1. The Hall–Kier alpha value is -6.18. The van der Waals surface area contributed by atoms with Crippen LogP contribution in [-0.4, -0.2) is 0 Å². The minimum Gasteiger partial charge on any atom is -0.310 e. The summed E-state index contributed by atoms with van der Waals surface area (Å²) in [6.45, 7) is 4.30. The molecule has 0 fully saturated rings. The van der Waals surface area contributed by atoms with Crippen molar-refractivity contribution in [3.63, 3.8) is 0 Å². The van der Waals surface area contributed by atoms with Crippen molar-refractivity contribution in [2.45, 2.75) is 19.3 Å². The molecule has 238 valence electrons. The third-order valence-electron chi connectivity index (χ3n) is 10.5. The fourth-order valence-corrected chi connectivity index (χ4v) is 8.07. The summed E-state index contributed by atoms with van der Waals surface area (Å²) in [5.74, 6) is 0. The normalized spacial score (nSPS) is 14.7. The fraction of sp³-hybridized carbons (Fsp3) is 0.0612. The predicted octanol–water partition coefficient (Wildman–Crippen LogP) is 13.0. The lowest BCUT2D eigenvalue weighted by Crippen LogP contribution is -2.28. The molecular weight excluding hydrogens is 603 g/mol. The quantitative estimate of drug-likeness (QED) is 0.175. The minimum absolute atomic E-state index is 0.503. The molecule has 0 aliphatic heterocycles. The number of aryl methyl sites for hydroxylation is 2. The Labute approximate surface area is 294 Å². The molecule has 1 atom stereocenters. The molecule has 1 aliphatic carbocycles. The highest BCUT2D eigenvalue weighted by Gasteiger charge is 2.47. The first-order valence-electron chi connectivity index (χ1n) is 17.4. The van der Waals surface area contributed by atoms with Crippen LogP contribution in [0.3, 0.4) is 0 Å². The van der Waals surface area contributed by atoms with Crippen molar-refractivity contribution < 1.29 is 0 Å². The van der Waals surface area contributed by atoms with Crippen LogP contribution >= 0.6 is 0 Å². The first-order chi connectivity index (χ1) is 24.6. The van der Waals surface area contributed by atoms with Crippen molar-refractivity contribution in [1.29, 1.82) is 0 Å². The molecule has 50 heavy (non-hydrogen) atoms. The second kappa shape index (κ2) is 12.1. The lowest BCUT2D eigenvalue weighted by Gasteiger charge is -2.35. The van der Waals surface area contributed by atoms with Gasteiger partial charge in [-0.05, 0) is 106 Å². The number of nitrogens with zero attached hydrogens (tertiary/aromatic N) is 1. The third-order valence-corrected chi connectivity index (χ3v) is 10.5. The number of fused-ring (bicyclic) bond motifs is 5. The molecule has 8 aromatic carbocycles. The van der Waals surface area contributed by atoms with Gasteiger partial charge in [0.05, 0.1) is 5.41 Å². The van der Waals surface area contributed by atoms with Crippen LogP contribution in [0.2, 0.25) is 0 Å². The van der Waals surface area contributed by atoms with Gasteiger partial charge in [-0.25, -0.2) is 0 Å². The van der Waals surface area contributed by atoms with E-state index in [1.54, 1.807) is 0 Å². The molecule has 8 aromatic rings. The van der Waals surface area contributed by atoms with E-state index in [1.165, 1.54) is 66.4 Å². The van der Waals surface area contributed by atoms with Gasteiger partial charge in [-0.2, -0.15) is 0 Å². The van der Waals surface area contributed by atoms with E-state index in [2.05, 4.69) is 207 Å². The standard InChI is InChI=1S/C49H37N/c1-34-17-21-36(22-18-34)37-23-28-42(29-24-37)50(41-14-7-4-8-15-41)43-30-31-45-47(33-43)49(39-12-5-3-6-13-39,40-26-19-35(2)20-27-40)46-32-25-38-11-9-10-16-44(38)48(45)46/h3-33H,1-2H3. The molecule has 1 unspecified atom stereocenters. The van der Waals surface area contributed by atoms with Gasteiger partial charge in [0.25, 0.3) is 0 Å². The van der Waals surface area contributed by atoms with Crippen molar-refractivity contribution in [3.05, 3.63) is 221 Å². The highest BCUT2D eigenvalue weighted by molar-refractivity contribution is 6.04. The van der Waals surface area contributed by atoms with Crippen LogP contribution in [0.4, 0.5) is 17.1 Å². The number of benzene rings is 8. The molecule has 0 N–H and O–H groups in total. The largest absolute Gasteiger partial charge is 0.310 e. The molecule has 1 nitrogen and oxygen atoms in total. The molecule has 0 bridgehead atoms. The summed E-state index contributed by atoms with van der Waals surface area (Å²) in [5, 5.41) is 2.55. The number of hydrogen-bond acceptors (Lipinski definition) is 1. The molecule has 0 amide bonds. The molecule has 1 heteroatoms. The van der Waals surface area contributed by atoms with Gasteiger partial charge in [-0.1, -0.05) is 163 Å². The lowest BCUT2D eigenvalue weighted by molar-refractivity contribution is 0.768. The van der Waals surface area contributed by atoms with Crippen LogP contribution in [0, 0.1) is 13.8 Å². The van der Waals surface area contributed by atoms with Crippen LogP contribution in [0.5, 0.6) is 0 Å². The maximum absolute atomic E-state index is 2.46. The average molecular weight is 640 g/mol. The van der Waals surface area contributed by atoms with Crippen molar-refractivity contribution in [2.75, 3.05) is 4.90 Å². The Morgan fingerprint density at radius 3 is 1.64 bits per heavy atom. The number of hydrogen-bond donors (Lipinski definition) is 0. The maximum atomic E-state index is 2.46. The van der Waals surface area contributed by atoms with Crippen molar-refractivity contribution in [2.24, 2.45) is 0 Å². The second-order valence-electron chi connectivity index (χ2n) is 13.5. The number of rotatable bonds is 6. The summed E-state index contributed by atoms with van der Waals surface area (Å²) in [6.07, 6.45) is 0. The van der Waals surface area contributed by atoms with E-state index >= 15 is 0 Å². The van der Waals surface area contributed by atoms with E-state index in [0.29, 0.717) is 0 Å². The number of anilines is 3. The van der Waals surface area contributed by atoms with Gasteiger partial charge < -0.3 is 4.90 Å². The summed E-state index contributed by atoms with van der Waals surface area (Å²) < 4.78 is 0. The van der Waals surface area contributed by atoms with Crippen LogP contribution in [0.1, 0.15) is 33.4 Å². The Bertz CT molecular complexity index is 2460. The molecule has 0 saturated carbocycles. The highest BCUT2D eigenvalue weighted by Crippen LogP contribution is 2.58. The molecule has 1 aliphatic rings. The Balaban J connectivity index is 1.31. The lowest BCUT2D eigenvalue weighted by atomic mass is 9.67. The maximum Gasteiger partial charge on any atom is 0.0714 e. The molecule has 0 aromatic heterocycles. The Kier molecular flexibility index (Phi) is 7.21. The topological polar surface area (TPSA) is 3.24 Å². The Morgan fingerprint density at radius 1 is 0.400 bits per heavy atom. The zero-order chi connectivity index (χ0) is 33.7. The van der Waals surface area contributed by atoms with Crippen LogP contribution in [0.15, 0.2) is 188 Å². The van der Waals surface area contributed by atoms with Crippen molar-refractivity contribution >= 4 is 27.8 Å². The summed E-state index contributed by atoms with van der Waals surface area (Å²) in [5.41, 5.74) is 15.6. The van der Waals surface area contributed by atoms with Crippen molar-refractivity contribution in [3.8, 4) is 22.3 Å². The second-order valence-corrected chi connectivity index (χ2v) is 13.5. The fourth-order valence-electron chi connectivity index (χ4n) is 8.07. The molecule has 0 heterocycles. The van der Waals surface area contributed by atoms with Gasteiger partial charge in [-0.3, -0.25) is 0 Å². The summed E-state index contributed by atoms with van der Waals surface area (Å²) in [6, 6.07) is 69.4. The first kappa shape index (κ1) is 29.9.